The van der Waals surface area contributed by atoms with E-state index in [0.717, 1.165) is 0 Å². The van der Waals surface area contributed by atoms with E-state index in [4.69, 9.17) is 0 Å². The molecule has 0 unspecified atom stereocenters. The number of hydrogen-bond donors (Lipinski definition) is 0. The highest BCUT2D eigenvalue weighted by Gasteiger charge is 2.59. The molecule has 0 aliphatic heterocycles. The zero-order valence-electron chi connectivity index (χ0n) is 8.48. The molecule has 0 saturated heterocycles. The lowest BCUT2D eigenvalue weighted by atomic mass is 10.5. The van der Waals surface area contributed by atoms with E-state index in [9.17, 15) is 13.2 Å². The van der Waals surface area contributed by atoms with Crippen LogP contribution in [0.1, 0.15) is 20.8 Å². The molecular weight excluding hydrogens is 201 g/mol. The molecule has 14 heavy (non-hydrogen) atoms. The van der Waals surface area contributed by atoms with Crippen LogP contribution in [0.2, 0.25) is 0 Å². The summed E-state index contributed by atoms with van der Waals surface area (Å²) in [4.78, 5) is 0. The summed E-state index contributed by atoms with van der Waals surface area (Å²) in [6.45, 7) is 3.91. The van der Waals surface area contributed by atoms with Gasteiger partial charge in [-0.2, -0.15) is 13.2 Å². The Hall–Kier alpha value is -0.330. The van der Waals surface area contributed by atoms with Crippen LogP contribution >= 0.6 is 0 Å². The molecule has 0 N–H and O–H groups in total. The Balaban J connectivity index is 4.73. The first-order chi connectivity index (χ1) is 6.43. The van der Waals surface area contributed by atoms with E-state index in [1.54, 1.807) is 0 Å². The second-order valence-corrected chi connectivity index (χ2v) is 2.35. The SMILES string of the molecule is CCOC(OCC)(OCC)C(F)(F)F. The summed E-state index contributed by atoms with van der Waals surface area (Å²) < 4.78 is 51.2. The molecule has 86 valence electrons. The van der Waals surface area contributed by atoms with Crippen molar-refractivity contribution in [2.75, 3.05) is 19.8 Å². The highest BCUT2D eigenvalue weighted by molar-refractivity contribution is 4.68. The molecule has 0 aliphatic carbocycles. The minimum absolute atomic E-state index is 0.139. The number of ether oxygens (including phenoxy) is 3. The van der Waals surface area contributed by atoms with Gasteiger partial charge in [-0.05, 0) is 20.8 Å². The predicted molar refractivity (Wildman–Crippen MR) is 43.7 cm³/mol. The van der Waals surface area contributed by atoms with Gasteiger partial charge in [-0.1, -0.05) is 0 Å². The first-order valence-electron chi connectivity index (χ1n) is 4.42. The molecule has 0 aromatic rings. The van der Waals surface area contributed by atoms with Crippen molar-refractivity contribution in [1.29, 1.82) is 0 Å². The van der Waals surface area contributed by atoms with Crippen molar-refractivity contribution in [3.63, 3.8) is 0 Å². The van der Waals surface area contributed by atoms with Gasteiger partial charge in [0.25, 0.3) is 0 Å². The Bertz CT molecular complexity index is 141. The Kier molecular flexibility index (Phi) is 5.40. The van der Waals surface area contributed by atoms with Gasteiger partial charge in [0.05, 0.1) is 0 Å². The Morgan fingerprint density at radius 3 is 1.21 bits per heavy atom. The van der Waals surface area contributed by atoms with Gasteiger partial charge in [0.15, 0.2) is 0 Å². The smallest absolute Gasteiger partial charge is 0.321 e. The molecule has 0 spiro atoms. The predicted octanol–water partition coefficient (Wildman–Crippen LogP) is 2.31. The Morgan fingerprint density at radius 1 is 0.786 bits per heavy atom. The van der Waals surface area contributed by atoms with Crippen molar-refractivity contribution in [3.05, 3.63) is 0 Å². The molecule has 0 aromatic heterocycles. The fraction of sp³-hybridized carbons (Fsp3) is 1.00. The van der Waals surface area contributed by atoms with Crippen LogP contribution in [0.25, 0.3) is 0 Å². The summed E-state index contributed by atoms with van der Waals surface area (Å²) in [5.41, 5.74) is 0. The van der Waals surface area contributed by atoms with Gasteiger partial charge < -0.3 is 14.2 Å². The van der Waals surface area contributed by atoms with Crippen LogP contribution in [-0.2, 0) is 14.2 Å². The van der Waals surface area contributed by atoms with Gasteiger partial charge in [0.2, 0.25) is 0 Å². The van der Waals surface area contributed by atoms with Crippen LogP contribution in [0.5, 0.6) is 0 Å². The van der Waals surface area contributed by atoms with E-state index >= 15 is 0 Å². The van der Waals surface area contributed by atoms with Crippen molar-refractivity contribution < 1.29 is 27.4 Å². The number of halogens is 3. The van der Waals surface area contributed by atoms with Gasteiger partial charge in [0.1, 0.15) is 0 Å². The summed E-state index contributed by atoms with van der Waals surface area (Å²) in [5.74, 6) is -2.91. The largest absolute Gasteiger partial charge is 0.473 e. The third-order valence-electron chi connectivity index (χ3n) is 1.35. The highest BCUT2D eigenvalue weighted by atomic mass is 19.4. The molecule has 0 saturated carbocycles. The third-order valence-corrected chi connectivity index (χ3v) is 1.35. The maximum Gasteiger partial charge on any atom is 0.473 e. The van der Waals surface area contributed by atoms with Crippen LogP contribution in [-0.4, -0.2) is 32.0 Å². The number of alkyl halides is 3. The molecule has 0 rings (SSSR count). The van der Waals surface area contributed by atoms with E-state index < -0.39 is 12.1 Å². The third kappa shape index (κ3) is 3.11. The van der Waals surface area contributed by atoms with Crippen molar-refractivity contribution in [2.24, 2.45) is 0 Å². The fourth-order valence-electron chi connectivity index (χ4n) is 0.941. The van der Waals surface area contributed by atoms with Crippen LogP contribution in [0, 0.1) is 0 Å². The summed E-state index contributed by atoms with van der Waals surface area (Å²) in [5, 5.41) is 0. The fourth-order valence-corrected chi connectivity index (χ4v) is 0.941. The lowest BCUT2D eigenvalue weighted by Crippen LogP contribution is -2.52. The van der Waals surface area contributed by atoms with Gasteiger partial charge in [-0.3, -0.25) is 0 Å². The normalized spacial score (nSPS) is 13.3. The van der Waals surface area contributed by atoms with Gasteiger partial charge in [-0.25, -0.2) is 0 Å². The van der Waals surface area contributed by atoms with Gasteiger partial charge in [-0.15, -0.1) is 0 Å². The second-order valence-electron chi connectivity index (χ2n) is 2.35. The summed E-state index contributed by atoms with van der Waals surface area (Å²) in [6.07, 6.45) is -4.70. The summed E-state index contributed by atoms with van der Waals surface area (Å²) in [6, 6.07) is 0. The lowest BCUT2D eigenvalue weighted by Gasteiger charge is -2.33. The van der Waals surface area contributed by atoms with E-state index in [0.29, 0.717) is 0 Å². The van der Waals surface area contributed by atoms with Crippen LogP contribution in [0.4, 0.5) is 13.2 Å². The molecule has 0 aromatic carbocycles. The lowest BCUT2D eigenvalue weighted by molar-refractivity contribution is -0.480. The van der Waals surface area contributed by atoms with Gasteiger partial charge >= 0.3 is 12.1 Å². The first kappa shape index (κ1) is 13.7. The van der Waals surface area contributed by atoms with Crippen molar-refractivity contribution >= 4 is 0 Å². The molecule has 0 amide bonds. The van der Waals surface area contributed by atoms with Crippen molar-refractivity contribution in [3.8, 4) is 0 Å². The maximum absolute atomic E-state index is 12.6. The van der Waals surface area contributed by atoms with Gasteiger partial charge in [0, 0.05) is 19.8 Å². The summed E-state index contributed by atoms with van der Waals surface area (Å²) >= 11 is 0. The zero-order valence-corrected chi connectivity index (χ0v) is 8.48. The zero-order chi connectivity index (χ0) is 11.2. The molecule has 6 heteroatoms. The number of hydrogen-bond acceptors (Lipinski definition) is 3. The monoisotopic (exact) mass is 216 g/mol. The molecule has 0 aliphatic rings. The molecule has 0 radical (unpaired) electrons. The molecular formula is C8H15F3O3. The molecule has 0 fully saturated rings. The molecule has 0 atom stereocenters. The average Bonchev–Trinajstić information content (AvgIpc) is 2.03. The molecule has 0 heterocycles. The van der Waals surface area contributed by atoms with Crippen molar-refractivity contribution in [2.45, 2.75) is 32.9 Å². The van der Waals surface area contributed by atoms with E-state index in [2.05, 4.69) is 14.2 Å². The quantitative estimate of drug-likeness (QED) is 0.637. The van der Waals surface area contributed by atoms with E-state index in [1.165, 1.54) is 20.8 Å². The Labute approximate surface area is 81.1 Å². The topological polar surface area (TPSA) is 27.7 Å². The maximum atomic E-state index is 12.6. The summed E-state index contributed by atoms with van der Waals surface area (Å²) in [7, 11) is 0. The minimum Gasteiger partial charge on any atom is -0.321 e. The van der Waals surface area contributed by atoms with E-state index in [1.807, 2.05) is 0 Å². The highest BCUT2D eigenvalue weighted by Crippen LogP contribution is 2.35. The minimum atomic E-state index is -4.70. The number of rotatable bonds is 6. The molecule has 0 bridgehead atoms. The van der Waals surface area contributed by atoms with Crippen LogP contribution in [0.3, 0.4) is 0 Å². The van der Waals surface area contributed by atoms with Crippen molar-refractivity contribution in [1.82, 2.24) is 0 Å². The first-order valence-corrected chi connectivity index (χ1v) is 4.42. The Morgan fingerprint density at radius 2 is 1.07 bits per heavy atom. The standard InChI is InChI=1S/C8H15F3O3/c1-4-12-8(13-5-2,14-6-3)7(9,10)11/h4-6H2,1-3H3. The van der Waals surface area contributed by atoms with E-state index in [-0.39, 0.29) is 19.8 Å². The average molecular weight is 216 g/mol. The second kappa shape index (κ2) is 5.53. The van der Waals surface area contributed by atoms with Crippen LogP contribution < -0.4 is 0 Å². The molecule has 3 nitrogen and oxygen atoms in total. The van der Waals surface area contributed by atoms with Crippen LogP contribution in [0.15, 0.2) is 0 Å².